The van der Waals surface area contributed by atoms with E-state index in [-0.39, 0.29) is 17.6 Å². The Balaban J connectivity index is 2.03. The highest BCUT2D eigenvalue weighted by Gasteiger charge is 2.36. The molecule has 0 saturated carbocycles. The van der Waals surface area contributed by atoms with Crippen molar-refractivity contribution < 1.29 is 14.3 Å². The monoisotopic (exact) mass is 371 g/mol. The number of carbonyl (C=O) groups is 2. The average molecular weight is 372 g/mol. The van der Waals surface area contributed by atoms with Crippen LogP contribution in [0, 0.1) is 5.92 Å². The lowest BCUT2D eigenvalue weighted by Gasteiger charge is -2.36. The SMILES string of the molecule is CCC(=O)c1ccc2c(c1)N(Cc1ccc(Cl)cc1)C(=O)C(C(C)C)O2. The fourth-order valence-corrected chi connectivity index (χ4v) is 3.15. The first-order valence-electron chi connectivity index (χ1n) is 8.80. The predicted octanol–water partition coefficient (Wildman–Crippen LogP) is 4.88. The van der Waals surface area contributed by atoms with Crippen molar-refractivity contribution in [2.75, 3.05) is 4.90 Å². The number of halogens is 1. The van der Waals surface area contributed by atoms with Gasteiger partial charge in [0.05, 0.1) is 12.2 Å². The summed E-state index contributed by atoms with van der Waals surface area (Å²) in [7, 11) is 0. The van der Waals surface area contributed by atoms with Crippen LogP contribution in [-0.2, 0) is 11.3 Å². The largest absolute Gasteiger partial charge is 0.478 e. The van der Waals surface area contributed by atoms with Gasteiger partial charge < -0.3 is 9.64 Å². The molecule has 0 saturated heterocycles. The molecule has 0 fully saturated rings. The van der Waals surface area contributed by atoms with E-state index in [0.717, 1.165) is 5.56 Å². The highest BCUT2D eigenvalue weighted by molar-refractivity contribution is 6.30. The molecule has 26 heavy (non-hydrogen) atoms. The van der Waals surface area contributed by atoms with Crippen LogP contribution in [0.5, 0.6) is 5.75 Å². The molecular weight excluding hydrogens is 350 g/mol. The van der Waals surface area contributed by atoms with E-state index in [1.807, 2.05) is 32.9 Å². The van der Waals surface area contributed by atoms with E-state index in [2.05, 4.69) is 0 Å². The molecule has 0 bridgehead atoms. The molecule has 4 nitrogen and oxygen atoms in total. The Bertz CT molecular complexity index is 830. The Morgan fingerprint density at radius 3 is 2.50 bits per heavy atom. The van der Waals surface area contributed by atoms with Gasteiger partial charge in [-0.3, -0.25) is 9.59 Å². The topological polar surface area (TPSA) is 46.6 Å². The van der Waals surface area contributed by atoms with E-state index >= 15 is 0 Å². The van der Waals surface area contributed by atoms with Gasteiger partial charge in [0.15, 0.2) is 11.9 Å². The molecule has 0 radical (unpaired) electrons. The molecule has 5 heteroatoms. The molecule has 1 heterocycles. The van der Waals surface area contributed by atoms with Crippen molar-refractivity contribution in [2.45, 2.75) is 39.8 Å². The molecule has 0 spiro atoms. The van der Waals surface area contributed by atoms with E-state index in [9.17, 15) is 9.59 Å². The standard InChI is InChI=1S/C21H22ClNO3/c1-4-18(24)15-7-10-19-17(11-15)23(21(25)20(26-19)13(2)3)12-14-5-8-16(22)9-6-14/h5-11,13,20H,4,12H2,1-3H3. The summed E-state index contributed by atoms with van der Waals surface area (Å²) in [5.41, 5.74) is 2.19. The smallest absolute Gasteiger partial charge is 0.268 e. The molecule has 1 amide bonds. The first-order valence-corrected chi connectivity index (χ1v) is 9.18. The van der Waals surface area contributed by atoms with Gasteiger partial charge in [0, 0.05) is 17.0 Å². The lowest BCUT2D eigenvalue weighted by Crippen LogP contribution is -2.48. The van der Waals surface area contributed by atoms with Crippen LogP contribution in [0.3, 0.4) is 0 Å². The van der Waals surface area contributed by atoms with Gasteiger partial charge >= 0.3 is 0 Å². The third-order valence-corrected chi connectivity index (χ3v) is 4.77. The van der Waals surface area contributed by atoms with Crippen LogP contribution < -0.4 is 9.64 Å². The molecular formula is C21H22ClNO3. The van der Waals surface area contributed by atoms with Crippen molar-refractivity contribution in [3.8, 4) is 5.75 Å². The number of ketones is 1. The van der Waals surface area contributed by atoms with Crippen LogP contribution >= 0.6 is 11.6 Å². The highest BCUT2D eigenvalue weighted by Crippen LogP contribution is 2.37. The summed E-state index contributed by atoms with van der Waals surface area (Å²) in [5, 5.41) is 0.651. The second kappa shape index (κ2) is 7.50. The molecule has 0 aromatic heterocycles. The summed E-state index contributed by atoms with van der Waals surface area (Å²) < 4.78 is 5.94. The van der Waals surface area contributed by atoms with Crippen LogP contribution in [0.4, 0.5) is 5.69 Å². The van der Waals surface area contributed by atoms with Gasteiger partial charge in [0.2, 0.25) is 0 Å². The number of Topliss-reactive ketones (excluding diaryl/α,β-unsaturated/α-hetero) is 1. The maximum atomic E-state index is 13.0. The molecule has 2 aromatic rings. The van der Waals surface area contributed by atoms with E-state index < -0.39 is 6.10 Å². The van der Waals surface area contributed by atoms with Crippen LogP contribution in [0.25, 0.3) is 0 Å². The fraction of sp³-hybridized carbons (Fsp3) is 0.333. The van der Waals surface area contributed by atoms with Gasteiger partial charge in [-0.2, -0.15) is 0 Å². The minimum absolute atomic E-state index is 0.0395. The van der Waals surface area contributed by atoms with Crippen molar-refractivity contribution in [2.24, 2.45) is 5.92 Å². The summed E-state index contributed by atoms with van der Waals surface area (Å²) in [5.74, 6) is 0.617. The van der Waals surface area contributed by atoms with Crippen LogP contribution in [0.1, 0.15) is 43.1 Å². The van der Waals surface area contributed by atoms with E-state index in [4.69, 9.17) is 16.3 Å². The van der Waals surface area contributed by atoms with Crippen molar-refractivity contribution in [1.82, 2.24) is 0 Å². The molecule has 136 valence electrons. The Morgan fingerprint density at radius 2 is 1.88 bits per heavy atom. The van der Waals surface area contributed by atoms with Crippen LogP contribution in [0.2, 0.25) is 5.02 Å². The molecule has 0 aliphatic carbocycles. The first-order chi connectivity index (χ1) is 12.4. The van der Waals surface area contributed by atoms with Gasteiger partial charge in [-0.25, -0.2) is 0 Å². The Kier molecular flexibility index (Phi) is 5.33. The lowest BCUT2D eigenvalue weighted by molar-refractivity contribution is -0.128. The number of hydrogen-bond acceptors (Lipinski definition) is 3. The summed E-state index contributed by atoms with van der Waals surface area (Å²) in [6, 6.07) is 12.7. The fourth-order valence-electron chi connectivity index (χ4n) is 3.02. The Labute approximate surface area is 158 Å². The number of fused-ring (bicyclic) bond motifs is 1. The second-order valence-corrected chi connectivity index (χ2v) is 7.23. The number of ether oxygens (including phenoxy) is 1. The number of anilines is 1. The number of rotatable bonds is 5. The van der Waals surface area contributed by atoms with Crippen LogP contribution in [-0.4, -0.2) is 17.8 Å². The number of nitrogens with zero attached hydrogens (tertiary/aromatic N) is 1. The second-order valence-electron chi connectivity index (χ2n) is 6.79. The van der Waals surface area contributed by atoms with E-state index in [1.54, 1.807) is 35.2 Å². The number of amides is 1. The van der Waals surface area contributed by atoms with Crippen molar-refractivity contribution in [1.29, 1.82) is 0 Å². The Hall–Kier alpha value is -2.33. The molecule has 3 rings (SSSR count). The summed E-state index contributed by atoms with van der Waals surface area (Å²) >= 11 is 5.96. The first kappa shape index (κ1) is 18.5. The summed E-state index contributed by atoms with van der Waals surface area (Å²) in [6.07, 6.45) is -0.123. The van der Waals surface area contributed by atoms with Crippen LogP contribution in [0.15, 0.2) is 42.5 Å². The quantitative estimate of drug-likeness (QED) is 0.703. The third-order valence-electron chi connectivity index (χ3n) is 4.52. The van der Waals surface area contributed by atoms with Gasteiger partial charge in [-0.15, -0.1) is 0 Å². The lowest BCUT2D eigenvalue weighted by atomic mass is 10.0. The van der Waals surface area contributed by atoms with Crippen molar-refractivity contribution in [3.63, 3.8) is 0 Å². The van der Waals surface area contributed by atoms with E-state index in [0.29, 0.717) is 35.0 Å². The minimum atomic E-state index is -0.539. The Morgan fingerprint density at radius 1 is 1.19 bits per heavy atom. The number of hydrogen-bond donors (Lipinski definition) is 0. The van der Waals surface area contributed by atoms with Gasteiger partial charge in [-0.1, -0.05) is 44.5 Å². The van der Waals surface area contributed by atoms with Gasteiger partial charge in [-0.05, 0) is 41.8 Å². The maximum Gasteiger partial charge on any atom is 0.268 e. The van der Waals surface area contributed by atoms with Crippen molar-refractivity contribution in [3.05, 3.63) is 58.6 Å². The predicted molar refractivity (Wildman–Crippen MR) is 103 cm³/mol. The summed E-state index contributed by atoms with van der Waals surface area (Å²) in [6.45, 7) is 6.15. The molecule has 1 unspecified atom stereocenters. The zero-order valence-electron chi connectivity index (χ0n) is 15.2. The zero-order valence-corrected chi connectivity index (χ0v) is 15.9. The van der Waals surface area contributed by atoms with E-state index in [1.165, 1.54) is 0 Å². The molecule has 0 N–H and O–H groups in total. The van der Waals surface area contributed by atoms with Gasteiger partial charge in [0.25, 0.3) is 5.91 Å². The highest BCUT2D eigenvalue weighted by atomic mass is 35.5. The number of benzene rings is 2. The molecule has 1 aliphatic rings. The molecule has 1 aliphatic heterocycles. The summed E-state index contributed by atoms with van der Waals surface area (Å²) in [4.78, 5) is 26.8. The minimum Gasteiger partial charge on any atom is -0.478 e. The normalized spacial score (nSPS) is 16.4. The molecule has 1 atom stereocenters. The average Bonchev–Trinajstić information content (AvgIpc) is 2.64. The number of carbonyl (C=O) groups excluding carboxylic acids is 2. The molecule has 2 aromatic carbocycles. The maximum absolute atomic E-state index is 13.0. The third kappa shape index (κ3) is 3.61. The zero-order chi connectivity index (χ0) is 18.8. The van der Waals surface area contributed by atoms with Crippen molar-refractivity contribution >= 4 is 29.0 Å². The van der Waals surface area contributed by atoms with Gasteiger partial charge in [0.1, 0.15) is 5.75 Å².